The number of hydrogen-bond acceptors (Lipinski definition) is 7. The zero-order chi connectivity index (χ0) is 24.2. The Bertz CT molecular complexity index is 1110. The molecule has 3 aromatic rings. The predicted octanol–water partition coefficient (Wildman–Crippen LogP) is 4.03. The second-order valence-corrected chi connectivity index (χ2v) is 8.09. The van der Waals surface area contributed by atoms with Gasteiger partial charge in [-0.3, -0.25) is 9.59 Å². The number of nitrogens with one attached hydrogen (secondary N) is 2. The number of benzene rings is 2. The third-order valence-electron chi connectivity index (χ3n) is 4.51. The first kappa shape index (κ1) is 24.7. The number of unbranched alkanes of at least 4 members (excludes halogenated alkanes) is 1. The van der Waals surface area contributed by atoms with Crippen LogP contribution in [0, 0.1) is 0 Å². The maximum atomic E-state index is 12.2. The average Bonchev–Trinajstić information content (AvgIpc) is 3.40. The van der Waals surface area contributed by atoms with Gasteiger partial charge in [0, 0.05) is 5.56 Å². The second kappa shape index (κ2) is 12.9. The quantitative estimate of drug-likeness (QED) is 0.142. The van der Waals surface area contributed by atoms with Crippen LogP contribution in [0.5, 0.6) is 11.5 Å². The standard InChI is InChI=1S/C25H25N3O5S/c1-2-3-14-32-20-12-8-19(9-13-20)24(30)26-17-23(29)28-27-16-18-6-10-21(11-7-18)33-25(31)22-5-4-15-34-22/h4-13,15-16H,2-3,14,17H2,1H3,(H,26,30)(H,28,29)/b27-16-. The van der Waals surface area contributed by atoms with E-state index in [4.69, 9.17) is 9.47 Å². The first-order valence-corrected chi connectivity index (χ1v) is 11.6. The van der Waals surface area contributed by atoms with Crippen LogP contribution in [-0.2, 0) is 4.79 Å². The predicted molar refractivity (Wildman–Crippen MR) is 131 cm³/mol. The Morgan fingerprint density at radius 2 is 1.74 bits per heavy atom. The van der Waals surface area contributed by atoms with Crippen LogP contribution in [0.25, 0.3) is 0 Å². The maximum Gasteiger partial charge on any atom is 0.353 e. The highest BCUT2D eigenvalue weighted by molar-refractivity contribution is 7.12. The molecule has 0 saturated heterocycles. The van der Waals surface area contributed by atoms with Crippen molar-refractivity contribution in [2.24, 2.45) is 5.10 Å². The molecular weight excluding hydrogens is 454 g/mol. The van der Waals surface area contributed by atoms with Gasteiger partial charge in [-0.15, -0.1) is 11.3 Å². The summed E-state index contributed by atoms with van der Waals surface area (Å²) in [5.74, 6) is -0.145. The molecule has 1 aromatic heterocycles. The van der Waals surface area contributed by atoms with Gasteiger partial charge in [0.05, 0.1) is 19.4 Å². The minimum absolute atomic E-state index is 0.220. The Morgan fingerprint density at radius 3 is 2.41 bits per heavy atom. The third-order valence-corrected chi connectivity index (χ3v) is 5.36. The van der Waals surface area contributed by atoms with Crippen LogP contribution in [0.4, 0.5) is 0 Å². The number of hydrogen-bond donors (Lipinski definition) is 2. The first-order valence-electron chi connectivity index (χ1n) is 10.7. The Labute approximate surface area is 201 Å². The summed E-state index contributed by atoms with van der Waals surface area (Å²) in [5, 5.41) is 8.22. The summed E-state index contributed by atoms with van der Waals surface area (Å²) in [7, 11) is 0. The molecule has 0 unspecified atom stereocenters. The normalized spacial score (nSPS) is 10.6. The lowest BCUT2D eigenvalue weighted by Crippen LogP contribution is -2.34. The van der Waals surface area contributed by atoms with Crippen LogP contribution in [-0.4, -0.2) is 37.1 Å². The van der Waals surface area contributed by atoms with Crippen molar-refractivity contribution in [1.29, 1.82) is 0 Å². The highest BCUT2D eigenvalue weighted by Crippen LogP contribution is 2.16. The fourth-order valence-electron chi connectivity index (χ4n) is 2.69. The third kappa shape index (κ3) is 7.86. The van der Waals surface area contributed by atoms with Gasteiger partial charge in [-0.2, -0.15) is 5.10 Å². The minimum atomic E-state index is -0.467. The minimum Gasteiger partial charge on any atom is -0.494 e. The molecule has 176 valence electrons. The van der Waals surface area contributed by atoms with E-state index in [2.05, 4.69) is 22.8 Å². The Balaban J connectivity index is 1.39. The molecule has 9 heteroatoms. The van der Waals surface area contributed by atoms with Gasteiger partial charge in [0.15, 0.2) is 0 Å². The van der Waals surface area contributed by atoms with Crippen molar-refractivity contribution in [3.63, 3.8) is 0 Å². The summed E-state index contributed by atoms with van der Waals surface area (Å²) in [6, 6.07) is 16.9. The van der Waals surface area contributed by atoms with Crippen molar-refractivity contribution in [3.05, 3.63) is 82.0 Å². The van der Waals surface area contributed by atoms with Crippen LogP contribution >= 0.6 is 11.3 Å². The molecule has 0 aliphatic carbocycles. The zero-order valence-corrected chi connectivity index (χ0v) is 19.5. The van der Waals surface area contributed by atoms with Crippen LogP contribution in [0.2, 0.25) is 0 Å². The zero-order valence-electron chi connectivity index (χ0n) is 18.7. The molecular formula is C25H25N3O5S. The van der Waals surface area contributed by atoms with E-state index in [9.17, 15) is 14.4 Å². The number of carbonyl (C=O) groups excluding carboxylic acids is 3. The molecule has 0 aliphatic rings. The van der Waals surface area contributed by atoms with Crippen molar-refractivity contribution in [1.82, 2.24) is 10.7 Å². The van der Waals surface area contributed by atoms with Gasteiger partial charge in [-0.25, -0.2) is 10.2 Å². The summed E-state index contributed by atoms with van der Waals surface area (Å²) < 4.78 is 10.9. The number of esters is 1. The van der Waals surface area contributed by atoms with Gasteiger partial charge >= 0.3 is 5.97 Å². The van der Waals surface area contributed by atoms with Gasteiger partial charge in [0.1, 0.15) is 16.4 Å². The molecule has 2 amide bonds. The molecule has 8 nitrogen and oxygen atoms in total. The van der Waals surface area contributed by atoms with E-state index in [1.807, 2.05) is 0 Å². The molecule has 0 aliphatic heterocycles. The molecule has 3 rings (SSSR count). The monoisotopic (exact) mass is 479 g/mol. The summed E-state index contributed by atoms with van der Waals surface area (Å²) in [5.41, 5.74) is 3.48. The molecule has 0 bridgehead atoms. The summed E-state index contributed by atoms with van der Waals surface area (Å²) in [6.45, 7) is 2.50. The SMILES string of the molecule is CCCCOc1ccc(C(=O)NCC(=O)N/N=C\c2ccc(OC(=O)c3cccs3)cc2)cc1. The van der Waals surface area contributed by atoms with Crippen molar-refractivity contribution < 1.29 is 23.9 Å². The van der Waals surface area contributed by atoms with Gasteiger partial charge in [-0.05, 0) is 72.0 Å². The molecule has 2 N–H and O–H groups in total. The highest BCUT2D eigenvalue weighted by atomic mass is 32.1. The number of ether oxygens (including phenoxy) is 2. The fourth-order valence-corrected chi connectivity index (χ4v) is 3.29. The molecule has 0 fully saturated rings. The van der Waals surface area contributed by atoms with Crippen molar-refractivity contribution in [3.8, 4) is 11.5 Å². The lowest BCUT2D eigenvalue weighted by Gasteiger charge is -2.07. The van der Waals surface area contributed by atoms with Gasteiger partial charge in [0.25, 0.3) is 11.8 Å². The number of rotatable bonds is 11. The molecule has 34 heavy (non-hydrogen) atoms. The van der Waals surface area contributed by atoms with E-state index in [0.29, 0.717) is 34.1 Å². The topological polar surface area (TPSA) is 106 Å². The van der Waals surface area contributed by atoms with E-state index in [1.165, 1.54) is 17.6 Å². The van der Waals surface area contributed by atoms with E-state index < -0.39 is 11.9 Å². The molecule has 0 spiro atoms. The average molecular weight is 480 g/mol. The Hall–Kier alpha value is -3.98. The number of carbonyl (C=O) groups is 3. The van der Waals surface area contributed by atoms with Crippen molar-refractivity contribution >= 4 is 35.3 Å². The molecule has 0 saturated carbocycles. The van der Waals surface area contributed by atoms with Crippen LogP contribution in [0.1, 0.15) is 45.4 Å². The van der Waals surface area contributed by atoms with E-state index in [1.54, 1.807) is 66.0 Å². The largest absolute Gasteiger partial charge is 0.494 e. The lowest BCUT2D eigenvalue weighted by molar-refractivity contribution is -0.120. The van der Waals surface area contributed by atoms with E-state index in [0.717, 1.165) is 12.8 Å². The number of amides is 2. The van der Waals surface area contributed by atoms with E-state index in [-0.39, 0.29) is 12.5 Å². The highest BCUT2D eigenvalue weighted by Gasteiger charge is 2.09. The van der Waals surface area contributed by atoms with Crippen molar-refractivity contribution in [2.45, 2.75) is 19.8 Å². The first-order chi connectivity index (χ1) is 16.5. The van der Waals surface area contributed by atoms with Crippen LogP contribution < -0.4 is 20.2 Å². The fraction of sp³-hybridized carbons (Fsp3) is 0.200. The number of thiophene rings is 1. The smallest absolute Gasteiger partial charge is 0.353 e. The van der Waals surface area contributed by atoms with Gasteiger partial charge in [-0.1, -0.05) is 19.4 Å². The molecule has 2 aromatic carbocycles. The van der Waals surface area contributed by atoms with Gasteiger partial charge < -0.3 is 14.8 Å². The van der Waals surface area contributed by atoms with Crippen LogP contribution in [0.3, 0.4) is 0 Å². The summed E-state index contributed by atoms with van der Waals surface area (Å²) >= 11 is 1.31. The molecule has 1 heterocycles. The Morgan fingerprint density at radius 1 is 1.00 bits per heavy atom. The number of hydrazone groups is 1. The summed E-state index contributed by atoms with van der Waals surface area (Å²) in [4.78, 5) is 36.6. The summed E-state index contributed by atoms with van der Waals surface area (Å²) in [6.07, 6.45) is 3.46. The van der Waals surface area contributed by atoms with E-state index >= 15 is 0 Å². The Kier molecular flexibility index (Phi) is 9.36. The second-order valence-electron chi connectivity index (χ2n) is 7.14. The molecule has 0 atom stereocenters. The maximum absolute atomic E-state index is 12.2. The number of nitrogens with zero attached hydrogens (tertiary/aromatic N) is 1. The van der Waals surface area contributed by atoms with Crippen molar-refractivity contribution in [2.75, 3.05) is 13.2 Å². The van der Waals surface area contributed by atoms with Crippen LogP contribution in [0.15, 0.2) is 71.1 Å². The molecule has 0 radical (unpaired) electrons. The lowest BCUT2D eigenvalue weighted by atomic mass is 10.2. The van der Waals surface area contributed by atoms with Gasteiger partial charge in [0.2, 0.25) is 0 Å².